The predicted molar refractivity (Wildman–Crippen MR) is 211 cm³/mol. The molecule has 338 valence electrons. The summed E-state index contributed by atoms with van der Waals surface area (Å²) in [4.78, 5) is 135. The minimum absolute atomic E-state index is 0.0429. The predicted octanol–water partition coefficient (Wildman–Crippen LogP) is -6.81. The highest BCUT2D eigenvalue weighted by molar-refractivity contribution is 5.96. The van der Waals surface area contributed by atoms with Crippen LogP contribution in [0.2, 0.25) is 0 Å². The molecule has 5 atom stereocenters. The van der Waals surface area contributed by atoms with Crippen LogP contribution in [-0.2, 0) is 59.2 Å². The molecule has 10 amide bonds. The number of aromatic hydroxyl groups is 1. The smallest absolute Gasteiger partial charge is 0.322 e. The van der Waals surface area contributed by atoms with Crippen molar-refractivity contribution in [2.45, 2.75) is 76.7 Å². The van der Waals surface area contributed by atoms with Gasteiger partial charge in [0.2, 0.25) is 59.1 Å². The average Bonchev–Trinajstić information content (AvgIpc) is 3.19. The number of benzene rings is 1. The van der Waals surface area contributed by atoms with E-state index in [1.807, 2.05) is 0 Å². The fourth-order valence-corrected chi connectivity index (χ4v) is 4.99. The molecule has 0 aliphatic heterocycles. The highest BCUT2D eigenvalue weighted by Crippen LogP contribution is 2.11. The van der Waals surface area contributed by atoms with Gasteiger partial charge in [0.15, 0.2) is 0 Å². The molecule has 1 aromatic rings. The van der Waals surface area contributed by atoms with Crippen molar-refractivity contribution in [2.24, 2.45) is 17.4 Å². The molecule has 0 heterocycles. The summed E-state index contributed by atoms with van der Waals surface area (Å²) in [6.07, 6.45) is -0.551. The van der Waals surface area contributed by atoms with Gasteiger partial charge in [-0.1, -0.05) is 26.0 Å². The summed E-state index contributed by atoms with van der Waals surface area (Å²) >= 11 is 0. The van der Waals surface area contributed by atoms with Gasteiger partial charge in [-0.15, -0.1) is 0 Å². The van der Waals surface area contributed by atoms with Crippen molar-refractivity contribution in [1.82, 2.24) is 47.9 Å². The molecule has 0 aliphatic rings. The van der Waals surface area contributed by atoms with Crippen LogP contribution < -0.4 is 59.3 Å². The number of rotatable bonds is 27. The van der Waals surface area contributed by atoms with Crippen LogP contribution in [0.1, 0.15) is 45.6 Å². The molecule has 0 fully saturated rings. The van der Waals surface area contributed by atoms with Crippen molar-refractivity contribution in [3.63, 3.8) is 0 Å². The minimum Gasteiger partial charge on any atom is -0.508 e. The Morgan fingerprint density at radius 1 is 0.590 bits per heavy atom. The number of primary amides is 1. The molecule has 0 bridgehead atoms. The van der Waals surface area contributed by atoms with Gasteiger partial charge in [-0.05, 0) is 49.8 Å². The van der Waals surface area contributed by atoms with Crippen LogP contribution in [0.25, 0.3) is 0 Å². The molecule has 25 heteroatoms. The first-order chi connectivity index (χ1) is 28.6. The lowest BCUT2D eigenvalue weighted by Crippen LogP contribution is -2.57. The number of aliphatic hydroxyl groups is 1. The highest BCUT2D eigenvalue weighted by atomic mass is 16.4. The summed E-state index contributed by atoms with van der Waals surface area (Å²) in [7, 11) is 0. The zero-order valence-electron chi connectivity index (χ0n) is 33.8. The Balaban J connectivity index is 2.69. The van der Waals surface area contributed by atoms with Gasteiger partial charge in [0, 0.05) is 6.42 Å². The molecule has 16 N–H and O–H groups in total. The first-order valence-electron chi connectivity index (χ1n) is 18.8. The molecular weight excluding hydrogens is 810 g/mol. The third kappa shape index (κ3) is 22.2. The van der Waals surface area contributed by atoms with Crippen LogP contribution in [0.4, 0.5) is 0 Å². The van der Waals surface area contributed by atoms with Crippen LogP contribution in [0, 0.1) is 5.92 Å². The Morgan fingerprint density at radius 2 is 1.08 bits per heavy atom. The Kier molecular flexibility index (Phi) is 23.1. The molecule has 25 nitrogen and oxygen atoms in total. The zero-order chi connectivity index (χ0) is 46.2. The van der Waals surface area contributed by atoms with E-state index in [1.165, 1.54) is 19.1 Å². The lowest BCUT2D eigenvalue weighted by atomic mass is 10.0. The van der Waals surface area contributed by atoms with Gasteiger partial charge >= 0.3 is 5.97 Å². The normalized spacial score (nSPS) is 13.1. The maximum Gasteiger partial charge on any atom is 0.322 e. The molecule has 1 aromatic carbocycles. The molecule has 0 unspecified atom stereocenters. The van der Waals surface area contributed by atoms with Crippen LogP contribution in [0.5, 0.6) is 5.75 Å². The van der Waals surface area contributed by atoms with Crippen molar-refractivity contribution in [3.8, 4) is 5.75 Å². The summed E-state index contributed by atoms with van der Waals surface area (Å²) in [6, 6.07) is -0.527. The van der Waals surface area contributed by atoms with E-state index < -0.39 is 141 Å². The number of phenolic OH excluding ortho intramolecular Hbond substituents is 1. The van der Waals surface area contributed by atoms with E-state index in [0.29, 0.717) is 5.56 Å². The standard InChI is InChI=1S/C36H55N11O14/c1-18(2)10-24(45-29(53)13-39-27(51)12-40-33(58)22(37)11-20-4-6-21(49)7-5-20)35(60)42-15-30(54)46-25(17-48)36(61)47-23(8-9-26(38)50)34(59)41-14-28(52)44-19(3)32(57)43-16-31(55)56/h4-7,18-19,22-25,48-49H,8-17,37H2,1-3H3,(H2,38,50)(H,39,51)(H,40,58)(H,41,59)(H,42,60)(H,43,57)(H,44,52)(H,45,53)(H,46,54)(H,47,61)(H,55,56)/t19-,22-,23-,24-,25-/m0/s1. The number of hydrogen-bond donors (Lipinski definition) is 14. The van der Waals surface area contributed by atoms with Crippen LogP contribution in [0.3, 0.4) is 0 Å². The third-order valence-corrected chi connectivity index (χ3v) is 8.13. The van der Waals surface area contributed by atoms with E-state index in [0.717, 1.165) is 0 Å². The Bertz CT molecular complexity index is 1740. The molecule has 0 aromatic heterocycles. The Hall–Kier alpha value is -6.89. The summed E-state index contributed by atoms with van der Waals surface area (Å²) in [5, 5.41) is 48.1. The van der Waals surface area contributed by atoms with Gasteiger partial charge in [-0.2, -0.15) is 0 Å². The fraction of sp³-hybridized carbons (Fsp3) is 0.528. The van der Waals surface area contributed by atoms with Gasteiger partial charge in [-0.25, -0.2) is 0 Å². The molecular formula is C36H55N11O14. The van der Waals surface area contributed by atoms with Crippen LogP contribution in [0.15, 0.2) is 24.3 Å². The summed E-state index contributed by atoms with van der Waals surface area (Å²) < 4.78 is 0. The number of phenols is 1. The van der Waals surface area contributed by atoms with Crippen LogP contribution in [-0.4, -0.2) is 150 Å². The van der Waals surface area contributed by atoms with E-state index in [4.69, 9.17) is 16.6 Å². The van der Waals surface area contributed by atoms with E-state index in [2.05, 4.69) is 47.9 Å². The average molecular weight is 866 g/mol. The number of carbonyl (C=O) groups is 11. The molecule has 0 spiro atoms. The van der Waals surface area contributed by atoms with Gasteiger partial charge in [0.1, 0.15) is 36.5 Å². The van der Waals surface area contributed by atoms with Crippen molar-refractivity contribution < 1.29 is 68.1 Å². The fourth-order valence-electron chi connectivity index (χ4n) is 4.99. The number of hydrogen-bond acceptors (Lipinski definition) is 14. The number of carboxylic acid groups (broad SMARTS) is 1. The largest absolute Gasteiger partial charge is 0.508 e. The number of carboxylic acids is 1. The van der Waals surface area contributed by atoms with E-state index in [1.54, 1.807) is 26.0 Å². The third-order valence-electron chi connectivity index (χ3n) is 8.13. The SMILES string of the molecule is CC(C)C[C@H](NC(=O)CNC(=O)CNC(=O)[C@@H](N)Cc1ccc(O)cc1)C(=O)NCC(=O)N[C@@H](CO)C(=O)N[C@@H](CCC(N)=O)C(=O)NCC(=O)N[C@@H](C)C(=O)NCC(=O)O. The van der Waals surface area contributed by atoms with Crippen LogP contribution >= 0.6 is 0 Å². The molecule has 0 aliphatic carbocycles. The number of aliphatic carboxylic acids is 1. The monoisotopic (exact) mass is 865 g/mol. The second-order valence-electron chi connectivity index (χ2n) is 13.9. The lowest BCUT2D eigenvalue weighted by molar-refractivity contribution is -0.138. The number of aliphatic hydroxyl groups excluding tert-OH is 1. The maximum absolute atomic E-state index is 13.0. The minimum atomic E-state index is -1.68. The van der Waals surface area contributed by atoms with Gasteiger partial charge < -0.3 is 74.6 Å². The van der Waals surface area contributed by atoms with Gasteiger partial charge in [0.25, 0.3) is 0 Å². The molecule has 61 heavy (non-hydrogen) atoms. The summed E-state index contributed by atoms with van der Waals surface area (Å²) in [5.41, 5.74) is 11.7. The Morgan fingerprint density at radius 3 is 1.62 bits per heavy atom. The summed E-state index contributed by atoms with van der Waals surface area (Å²) in [6.45, 7) is 0.518. The first-order valence-corrected chi connectivity index (χ1v) is 18.8. The lowest BCUT2D eigenvalue weighted by Gasteiger charge is -2.23. The number of nitrogens with two attached hydrogens (primary N) is 2. The number of amides is 10. The first kappa shape index (κ1) is 52.1. The maximum atomic E-state index is 13.0. The van der Waals surface area contributed by atoms with Gasteiger partial charge in [0.05, 0.1) is 38.8 Å². The molecule has 1 rings (SSSR count). The van der Waals surface area contributed by atoms with Crippen molar-refractivity contribution >= 4 is 65.0 Å². The van der Waals surface area contributed by atoms with Crippen molar-refractivity contribution in [1.29, 1.82) is 0 Å². The highest BCUT2D eigenvalue weighted by Gasteiger charge is 2.28. The van der Waals surface area contributed by atoms with E-state index in [-0.39, 0.29) is 30.9 Å². The van der Waals surface area contributed by atoms with Crippen molar-refractivity contribution in [3.05, 3.63) is 29.8 Å². The topological polar surface area (TPSA) is 409 Å². The zero-order valence-corrected chi connectivity index (χ0v) is 33.8. The number of carbonyl (C=O) groups excluding carboxylic acids is 10. The summed E-state index contributed by atoms with van der Waals surface area (Å²) in [5.74, 6) is -10.0. The second kappa shape index (κ2) is 27.0. The second-order valence-corrected chi connectivity index (χ2v) is 13.9. The molecule has 0 radical (unpaired) electrons. The van der Waals surface area contributed by atoms with E-state index in [9.17, 15) is 63.0 Å². The van der Waals surface area contributed by atoms with Gasteiger partial charge in [-0.3, -0.25) is 52.7 Å². The quantitative estimate of drug-likeness (QED) is 0.0391. The van der Waals surface area contributed by atoms with Crippen molar-refractivity contribution in [2.75, 3.05) is 39.3 Å². The molecule has 0 saturated carbocycles. The van der Waals surface area contributed by atoms with E-state index >= 15 is 0 Å². The Labute approximate surface area is 349 Å². The number of nitrogens with one attached hydrogen (secondary N) is 9. The molecule has 0 saturated heterocycles.